The van der Waals surface area contributed by atoms with E-state index in [1.165, 1.54) is 0 Å². The first-order chi connectivity index (χ1) is 8.26. The van der Waals surface area contributed by atoms with Crippen LogP contribution in [-0.2, 0) is 4.74 Å². The highest BCUT2D eigenvalue weighted by Gasteiger charge is 2.35. The molecular weight excluding hydrogens is 230 g/mol. The molecule has 0 aromatic carbocycles. The molecule has 1 heterocycles. The standard InChI is InChI=1S/C13H27N3O2/c1-12(2,3)18-11(17)15-13(5-8-14)6-9-16(4)10-7-13/h5-10,14H2,1-4H3,(H,15,17). The molecule has 0 bridgehead atoms. The first kappa shape index (κ1) is 15.2. The molecule has 1 fully saturated rings. The number of piperidine rings is 1. The summed E-state index contributed by atoms with van der Waals surface area (Å²) in [6.07, 6.45) is 2.33. The number of nitrogens with two attached hydrogens (primary N) is 1. The first-order valence-electron chi connectivity index (χ1n) is 6.66. The number of alkyl carbamates (subject to hydrolysis) is 1. The van der Waals surface area contributed by atoms with E-state index in [1.807, 2.05) is 20.8 Å². The zero-order valence-electron chi connectivity index (χ0n) is 12.1. The van der Waals surface area contributed by atoms with Gasteiger partial charge in [-0.05, 0) is 53.6 Å². The largest absolute Gasteiger partial charge is 0.444 e. The van der Waals surface area contributed by atoms with E-state index >= 15 is 0 Å². The summed E-state index contributed by atoms with van der Waals surface area (Å²) in [7, 11) is 2.10. The van der Waals surface area contributed by atoms with E-state index in [1.54, 1.807) is 0 Å². The van der Waals surface area contributed by atoms with Gasteiger partial charge in [-0.1, -0.05) is 0 Å². The Morgan fingerprint density at radius 2 is 1.94 bits per heavy atom. The normalized spacial score (nSPS) is 20.5. The molecule has 0 aliphatic carbocycles. The van der Waals surface area contributed by atoms with Crippen molar-refractivity contribution in [1.29, 1.82) is 0 Å². The summed E-state index contributed by atoms with van der Waals surface area (Å²) >= 11 is 0. The molecule has 1 aliphatic heterocycles. The molecule has 106 valence electrons. The molecule has 0 aromatic heterocycles. The third kappa shape index (κ3) is 4.82. The molecule has 1 saturated heterocycles. The molecule has 1 amide bonds. The molecular formula is C13H27N3O2. The number of nitrogens with zero attached hydrogens (tertiary/aromatic N) is 1. The highest BCUT2D eigenvalue weighted by atomic mass is 16.6. The second-order valence-corrected chi connectivity index (χ2v) is 6.25. The second kappa shape index (κ2) is 5.89. The molecule has 0 saturated carbocycles. The fourth-order valence-corrected chi connectivity index (χ4v) is 2.28. The summed E-state index contributed by atoms with van der Waals surface area (Å²) < 4.78 is 5.33. The lowest BCUT2D eigenvalue weighted by Crippen LogP contribution is -2.56. The molecule has 18 heavy (non-hydrogen) atoms. The van der Waals surface area contributed by atoms with Crippen LogP contribution in [0.3, 0.4) is 0 Å². The summed E-state index contributed by atoms with van der Waals surface area (Å²) in [4.78, 5) is 14.2. The van der Waals surface area contributed by atoms with Crippen molar-refractivity contribution in [2.24, 2.45) is 5.73 Å². The lowest BCUT2D eigenvalue weighted by Gasteiger charge is -2.41. The number of likely N-dealkylation sites (tertiary alicyclic amines) is 1. The van der Waals surface area contributed by atoms with Crippen LogP contribution in [0, 0.1) is 0 Å². The smallest absolute Gasteiger partial charge is 0.408 e. The average Bonchev–Trinajstić information content (AvgIpc) is 2.20. The number of ether oxygens (including phenoxy) is 1. The van der Waals surface area contributed by atoms with Gasteiger partial charge in [0.05, 0.1) is 0 Å². The van der Waals surface area contributed by atoms with E-state index in [-0.39, 0.29) is 11.6 Å². The lowest BCUT2D eigenvalue weighted by atomic mass is 9.84. The highest BCUT2D eigenvalue weighted by molar-refractivity contribution is 5.68. The van der Waals surface area contributed by atoms with Gasteiger partial charge in [-0.3, -0.25) is 0 Å². The lowest BCUT2D eigenvalue weighted by molar-refractivity contribution is 0.0388. The predicted molar refractivity (Wildman–Crippen MR) is 72.5 cm³/mol. The quantitative estimate of drug-likeness (QED) is 0.800. The summed E-state index contributed by atoms with van der Waals surface area (Å²) in [5, 5.41) is 3.04. The minimum Gasteiger partial charge on any atom is -0.444 e. The van der Waals surface area contributed by atoms with Crippen LogP contribution in [0.5, 0.6) is 0 Å². The number of amides is 1. The third-order valence-corrected chi connectivity index (χ3v) is 3.33. The minimum atomic E-state index is -0.459. The third-order valence-electron chi connectivity index (χ3n) is 3.33. The van der Waals surface area contributed by atoms with Crippen molar-refractivity contribution in [3.63, 3.8) is 0 Å². The van der Waals surface area contributed by atoms with Crippen LogP contribution in [0.4, 0.5) is 4.79 Å². The van der Waals surface area contributed by atoms with Gasteiger partial charge >= 0.3 is 6.09 Å². The molecule has 1 rings (SSSR count). The number of carbonyl (C=O) groups is 1. The van der Waals surface area contributed by atoms with E-state index < -0.39 is 5.60 Å². The molecule has 5 nitrogen and oxygen atoms in total. The maximum Gasteiger partial charge on any atom is 0.408 e. The molecule has 0 aromatic rings. The van der Waals surface area contributed by atoms with Crippen LogP contribution in [-0.4, -0.2) is 48.8 Å². The number of hydrogen-bond acceptors (Lipinski definition) is 4. The van der Waals surface area contributed by atoms with E-state index in [2.05, 4.69) is 17.3 Å². The molecule has 0 unspecified atom stereocenters. The summed E-state index contributed by atoms with van der Waals surface area (Å²) in [5.41, 5.74) is 5.03. The molecule has 0 radical (unpaired) electrons. The van der Waals surface area contributed by atoms with Gasteiger partial charge in [0.25, 0.3) is 0 Å². The van der Waals surface area contributed by atoms with Crippen LogP contribution in [0.15, 0.2) is 0 Å². The van der Waals surface area contributed by atoms with Gasteiger partial charge in [-0.15, -0.1) is 0 Å². The fraction of sp³-hybridized carbons (Fsp3) is 0.923. The van der Waals surface area contributed by atoms with Crippen molar-refractivity contribution in [2.75, 3.05) is 26.7 Å². The van der Waals surface area contributed by atoms with E-state index in [0.717, 1.165) is 32.4 Å². The molecule has 5 heteroatoms. The van der Waals surface area contributed by atoms with E-state index in [4.69, 9.17) is 10.5 Å². The Morgan fingerprint density at radius 3 is 2.39 bits per heavy atom. The van der Waals surface area contributed by atoms with Crippen LogP contribution in [0.25, 0.3) is 0 Å². The molecule has 0 spiro atoms. The number of carbonyl (C=O) groups excluding carboxylic acids is 1. The molecule has 3 N–H and O–H groups in total. The number of nitrogens with one attached hydrogen (secondary N) is 1. The Kier molecular flexibility index (Phi) is 4.99. The van der Waals surface area contributed by atoms with Crippen molar-refractivity contribution in [1.82, 2.24) is 10.2 Å². The first-order valence-corrected chi connectivity index (χ1v) is 6.66. The summed E-state index contributed by atoms with van der Waals surface area (Å²) in [5.74, 6) is 0. The van der Waals surface area contributed by atoms with Gasteiger partial charge in [-0.25, -0.2) is 4.79 Å². The Balaban J connectivity index is 2.60. The minimum absolute atomic E-state index is 0.191. The topological polar surface area (TPSA) is 67.6 Å². The maximum absolute atomic E-state index is 11.9. The van der Waals surface area contributed by atoms with Gasteiger partial charge in [-0.2, -0.15) is 0 Å². The fourth-order valence-electron chi connectivity index (χ4n) is 2.28. The summed E-state index contributed by atoms with van der Waals surface area (Å²) in [6, 6.07) is 0. The Labute approximate surface area is 110 Å². The van der Waals surface area contributed by atoms with Crippen LogP contribution < -0.4 is 11.1 Å². The second-order valence-electron chi connectivity index (χ2n) is 6.25. The Hall–Kier alpha value is -0.810. The van der Waals surface area contributed by atoms with Crippen molar-refractivity contribution >= 4 is 6.09 Å². The maximum atomic E-state index is 11.9. The van der Waals surface area contributed by atoms with Gasteiger partial charge in [0.15, 0.2) is 0 Å². The molecule has 0 atom stereocenters. The van der Waals surface area contributed by atoms with Crippen molar-refractivity contribution < 1.29 is 9.53 Å². The van der Waals surface area contributed by atoms with Crippen molar-refractivity contribution in [3.05, 3.63) is 0 Å². The van der Waals surface area contributed by atoms with Gasteiger partial charge in [0.1, 0.15) is 5.60 Å². The van der Waals surface area contributed by atoms with Gasteiger partial charge < -0.3 is 20.7 Å². The monoisotopic (exact) mass is 257 g/mol. The van der Waals surface area contributed by atoms with Crippen LogP contribution in [0.1, 0.15) is 40.0 Å². The van der Waals surface area contributed by atoms with E-state index in [9.17, 15) is 4.79 Å². The van der Waals surface area contributed by atoms with Crippen molar-refractivity contribution in [2.45, 2.75) is 51.2 Å². The Morgan fingerprint density at radius 1 is 1.39 bits per heavy atom. The summed E-state index contributed by atoms with van der Waals surface area (Å²) in [6.45, 7) is 8.16. The molecule has 1 aliphatic rings. The number of hydrogen-bond donors (Lipinski definition) is 2. The van der Waals surface area contributed by atoms with Crippen LogP contribution >= 0.6 is 0 Å². The highest BCUT2D eigenvalue weighted by Crippen LogP contribution is 2.25. The predicted octanol–water partition coefficient (Wildman–Crippen LogP) is 1.32. The SMILES string of the molecule is CN1CCC(CCN)(NC(=O)OC(C)(C)C)CC1. The zero-order chi connectivity index (χ0) is 13.8. The number of rotatable bonds is 3. The Bertz CT molecular complexity index is 278. The average molecular weight is 257 g/mol. The zero-order valence-corrected chi connectivity index (χ0v) is 12.1. The van der Waals surface area contributed by atoms with Crippen molar-refractivity contribution in [3.8, 4) is 0 Å². The van der Waals surface area contributed by atoms with Gasteiger partial charge in [0.2, 0.25) is 0 Å². The van der Waals surface area contributed by atoms with Crippen LogP contribution in [0.2, 0.25) is 0 Å². The van der Waals surface area contributed by atoms with Gasteiger partial charge in [0, 0.05) is 18.6 Å². The van der Waals surface area contributed by atoms with E-state index in [0.29, 0.717) is 6.54 Å².